The Labute approximate surface area is 157 Å². The molecule has 1 aromatic carbocycles. The number of carbonyl (C=O) groups is 2. The van der Waals surface area contributed by atoms with E-state index in [0.717, 1.165) is 28.7 Å². The van der Waals surface area contributed by atoms with Crippen molar-refractivity contribution in [3.8, 4) is 0 Å². The molecule has 142 valence electrons. The molecule has 0 bridgehead atoms. The van der Waals surface area contributed by atoms with Crippen LogP contribution in [0.5, 0.6) is 0 Å². The van der Waals surface area contributed by atoms with Gasteiger partial charge in [0.2, 0.25) is 0 Å². The number of esters is 1. The van der Waals surface area contributed by atoms with E-state index in [0.29, 0.717) is 17.8 Å². The van der Waals surface area contributed by atoms with Crippen molar-refractivity contribution in [2.24, 2.45) is 5.41 Å². The van der Waals surface area contributed by atoms with E-state index < -0.39 is 11.0 Å². The maximum absolute atomic E-state index is 12.9. The van der Waals surface area contributed by atoms with Crippen molar-refractivity contribution in [2.45, 2.75) is 73.8 Å². The van der Waals surface area contributed by atoms with Gasteiger partial charge in [0.25, 0.3) is 5.91 Å². The number of ether oxygens (including phenoxy) is 1. The molecule has 1 unspecified atom stereocenters. The first-order valence-corrected chi connectivity index (χ1v) is 9.34. The van der Waals surface area contributed by atoms with E-state index >= 15 is 0 Å². The highest BCUT2D eigenvalue weighted by atomic mass is 16.5. The summed E-state index contributed by atoms with van der Waals surface area (Å²) in [5.74, 6) is -0.0525. The van der Waals surface area contributed by atoms with Gasteiger partial charge in [-0.15, -0.1) is 0 Å². The molecule has 0 aromatic heterocycles. The number of aryl methyl sites for hydroxylation is 3. The Morgan fingerprint density at radius 1 is 1.19 bits per heavy atom. The third kappa shape index (κ3) is 3.55. The average molecular weight is 357 g/mol. The van der Waals surface area contributed by atoms with E-state index in [1.54, 1.807) is 0 Å². The summed E-state index contributed by atoms with van der Waals surface area (Å²) in [5.41, 5.74) is 3.35. The van der Waals surface area contributed by atoms with Gasteiger partial charge < -0.3 is 10.1 Å². The van der Waals surface area contributed by atoms with Crippen LogP contribution in [0.3, 0.4) is 0 Å². The van der Waals surface area contributed by atoms with E-state index in [-0.39, 0.29) is 11.9 Å². The van der Waals surface area contributed by atoms with Crippen LogP contribution in [0.25, 0.3) is 5.57 Å². The summed E-state index contributed by atoms with van der Waals surface area (Å²) in [5, 5.41) is 3.04. The van der Waals surface area contributed by atoms with Crippen LogP contribution < -0.4 is 5.32 Å². The van der Waals surface area contributed by atoms with Crippen LogP contribution in [0.2, 0.25) is 0 Å². The van der Waals surface area contributed by atoms with Gasteiger partial charge in [-0.3, -0.25) is 9.59 Å². The lowest BCUT2D eigenvalue weighted by molar-refractivity contribution is -0.149. The summed E-state index contributed by atoms with van der Waals surface area (Å²) in [4.78, 5) is 25.5. The fraction of sp³-hybridized carbons (Fsp3) is 0.545. The van der Waals surface area contributed by atoms with Crippen LogP contribution in [0, 0.1) is 19.3 Å². The number of amides is 1. The second-order valence-corrected chi connectivity index (χ2v) is 8.45. The zero-order valence-corrected chi connectivity index (χ0v) is 17.3. The maximum Gasteiger partial charge on any atom is 0.316 e. The minimum atomic E-state index is -0.685. The summed E-state index contributed by atoms with van der Waals surface area (Å²) >= 11 is 0. The molecule has 4 heteroatoms. The third-order valence-corrected chi connectivity index (χ3v) is 5.05. The summed E-state index contributed by atoms with van der Waals surface area (Å²) in [6.45, 7) is 15.5. The topological polar surface area (TPSA) is 55.4 Å². The molecule has 0 saturated heterocycles. The van der Waals surface area contributed by atoms with Gasteiger partial charge in [-0.05, 0) is 71.1 Å². The largest absolute Gasteiger partial charge is 0.427 e. The number of hydrogen-bond donors (Lipinski definition) is 1. The number of nitrogens with one attached hydrogen (secondary N) is 1. The van der Waals surface area contributed by atoms with Gasteiger partial charge in [0.1, 0.15) is 5.76 Å². The van der Waals surface area contributed by atoms with Crippen molar-refractivity contribution >= 4 is 17.4 Å². The highest BCUT2D eigenvalue weighted by Gasteiger charge is 2.45. The van der Waals surface area contributed by atoms with Crippen molar-refractivity contribution in [3.05, 3.63) is 40.1 Å². The summed E-state index contributed by atoms with van der Waals surface area (Å²) in [6.07, 6.45) is 1.44. The van der Waals surface area contributed by atoms with Gasteiger partial charge in [-0.2, -0.15) is 0 Å². The quantitative estimate of drug-likeness (QED) is 0.809. The van der Waals surface area contributed by atoms with Crippen molar-refractivity contribution in [3.63, 3.8) is 0 Å². The van der Waals surface area contributed by atoms with Crippen LogP contribution >= 0.6 is 0 Å². The smallest absolute Gasteiger partial charge is 0.316 e. The average Bonchev–Trinajstić information content (AvgIpc) is 2.77. The fourth-order valence-corrected chi connectivity index (χ4v) is 3.33. The second-order valence-electron chi connectivity index (χ2n) is 8.45. The summed E-state index contributed by atoms with van der Waals surface area (Å²) < 4.78 is 5.86. The molecule has 0 radical (unpaired) electrons. The highest BCUT2D eigenvalue weighted by Crippen LogP contribution is 2.40. The normalized spacial score (nSPS) is 20.4. The molecule has 1 atom stereocenters. The van der Waals surface area contributed by atoms with E-state index in [9.17, 15) is 9.59 Å². The van der Waals surface area contributed by atoms with Gasteiger partial charge in [-0.1, -0.05) is 31.5 Å². The van der Waals surface area contributed by atoms with Crippen molar-refractivity contribution < 1.29 is 14.3 Å². The highest BCUT2D eigenvalue weighted by molar-refractivity contribution is 6.24. The lowest BCUT2D eigenvalue weighted by atomic mass is 9.88. The van der Waals surface area contributed by atoms with Gasteiger partial charge in [0.15, 0.2) is 0 Å². The number of hydrogen-bond acceptors (Lipinski definition) is 3. The number of benzene rings is 1. The van der Waals surface area contributed by atoms with Crippen molar-refractivity contribution in [1.29, 1.82) is 0 Å². The van der Waals surface area contributed by atoms with Crippen LogP contribution in [0.15, 0.2) is 17.9 Å². The molecule has 0 saturated carbocycles. The van der Waals surface area contributed by atoms with Gasteiger partial charge >= 0.3 is 5.97 Å². The standard InChI is InChI=1S/C22H31NO3/c1-9-15-12-13(3)11-14(4)16(15)17-18(26-20(25)21(5,6)7)22(8,10-2)23-19(17)24/h11-12H,9-10H2,1-8H3,(H,23,24). The van der Waals surface area contributed by atoms with E-state index in [1.807, 2.05) is 41.5 Å². The minimum Gasteiger partial charge on any atom is -0.427 e. The fourth-order valence-electron chi connectivity index (χ4n) is 3.33. The van der Waals surface area contributed by atoms with Crippen molar-refractivity contribution in [2.75, 3.05) is 0 Å². The van der Waals surface area contributed by atoms with E-state index in [2.05, 4.69) is 31.3 Å². The molecule has 1 N–H and O–H groups in total. The molecular formula is C22H31NO3. The monoisotopic (exact) mass is 357 g/mol. The molecular weight excluding hydrogens is 326 g/mol. The SMILES string of the molecule is CCc1cc(C)cc(C)c1C1=C(OC(=O)C(C)(C)C)C(C)(CC)NC1=O. The van der Waals surface area contributed by atoms with Gasteiger partial charge in [-0.25, -0.2) is 0 Å². The molecule has 0 aliphatic carbocycles. The van der Waals surface area contributed by atoms with Gasteiger partial charge in [0, 0.05) is 0 Å². The summed E-state index contributed by atoms with van der Waals surface area (Å²) in [7, 11) is 0. The van der Waals surface area contributed by atoms with Gasteiger partial charge in [0.05, 0.1) is 16.5 Å². The first-order valence-electron chi connectivity index (χ1n) is 9.34. The molecule has 0 fully saturated rings. The molecule has 1 heterocycles. The molecule has 4 nitrogen and oxygen atoms in total. The zero-order valence-electron chi connectivity index (χ0n) is 17.3. The lowest BCUT2D eigenvalue weighted by Crippen LogP contribution is -2.42. The predicted octanol–water partition coefficient (Wildman–Crippen LogP) is 4.46. The molecule has 1 aliphatic rings. The van der Waals surface area contributed by atoms with Crippen LogP contribution in [0.1, 0.15) is 70.2 Å². The maximum atomic E-state index is 12.9. The van der Waals surface area contributed by atoms with Crippen molar-refractivity contribution in [1.82, 2.24) is 5.32 Å². The van der Waals surface area contributed by atoms with E-state index in [1.165, 1.54) is 0 Å². The third-order valence-electron chi connectivity index (χ3n) is 5.05. The Kier molecular flexibility index (Phi) is 5.36. The lowest BCUT2D eigenvalue weighted by Gasteiger charge is -2.28. The van der Waals surface area contributed by atoms with Crippen LogP contribution in [0.4, 0.5) is 0 Å². The Bertz CT molecular complexity index is 783. The Balaban J connectivity index is 2.75. The molecule has 2 rings (SSSR count). The molecule has 1 aromatic rings. The second kappa shape index (κ2) is 6.90. The first-order chi connectivity index (χ1) is 11.9. The van der Waals surface area contributed by atoms with E-state index in [4.69, 9.17) is 4.74 Å². The first kappa shape index (κ1) is 20.2. The minimum absolute atomic E-state index is 0.173. The number of carbonyl (C=O) groups excluding carboxylic acids is 2. The zero-order chi connectivity index (χ0) is 19.9. The van der Waals surface area contributed by atoms with Crippen LogP contribution in [-0.2, 0) is 20.7 Å². The molecule has 0 spiro atoms. The molecule has 26 heavy (non-hydrogen) atoms. The predicted molar refractivity (Wildman–Crippen MR) is 105 cm³/mol. The molecule has 1 amide bonds. The Morgan fingerprint density at radius 3 is 2.31 bits per heavy atom. The Hall–Kier alpha value is -2.10. The summed E-state index contributed by atoms with van der Waals surface area (Å²) in [6, 6.07) is 4.17. The van der Waals surface area contributed by atoms with Crippen LogP contribution in [-0.4, -0.2) is 17.4 Å². The molecule has 1 aliphatic heterocycles. The number of rotatable bonds is 4. The Morgan fingerprint density at radius 2 is 1.81 bits per heavy atom.